The fourth-order valence-electron chi connectivity index (χ4n) is 1.92. The number of hydrogen-bond acceptors (Lipinski definition) is 2. The molecule has 0 aliphatic heterocycles. The Bertz CT molecular complexity index is 420. The van der Waals surface area contributed by atoms with E-state index in [1.54, 1.807) is 0 Å². The summed E-state index contributed by atoms with van der Waals surface area (Å²) in [5.41, 5.74) is 1.85. The van der Waals surface area contributed by atoms with E-state index in [0.717, 1.165) is 5.56 Å². The second-order valence-electron chi connectivity index (χ2n) is 6.24. The molecule has 98 valence electrons. The average Bonchev–Trinajstić information content (AvgIpc) is 2.29. The molecule has 2 nitrogen and oxygen atoms in total. The molecule has 0 spiro atoms. The average molecular weight is 245 g/mol. The van der Waals surface area contributed by atoms with E-state index in [2.05, 4.69) is 19.9 Å². The number of hydrogen-bond donors (Lipinski definition) is 1. The molecule has 0 amide bonds. The number of aliphatic hydroxyl groups is 1. The van der Waals surface area contributed by atoms with Crippen molar-refractivity contribution in [3.05, 3.63) is 35.4 Å². The van der Waals surface area contributed by atoms with Crippen molar-refractivity contribution < 1.29 is 5.11 Å². The molecule has 2 unspecified atom stereocenters. The van der Waals surface area contributed by atoms with Gasteiger partial charge in [0.2, 0.25) is 0 Å². The van der Waals surface area contributed by atoms with Crippen LogP contribution in [0.1, 0.15) is 57.6 Å². The minimum Gasteiger partial charge on any atom is -0.391 e. The Balaban J connectivity index is 3.01. The summed E-state index contributed by atoms with van der Waals surface area (Å²) in [7, 11) is 0. The van der Waals surface area contributed by atoms with Crippen LogP contribution in [0.4, 0.5) is 0 Å². The first-order chi connectivity index (χ1) is 8.27. The molecule has 0 radical (unpaired) electrons. The van der Waals surface area contributed by atoms with Gasteiger partial charge in [-0.25, -0.2) is 0 Å². The quantitative estimate of drug-likeness (QED) is 0.879. The zero-order valence-corrected chi connectivity index (χ0v) is 11.9. The Kier molecular flexibility index (Phi) is 4.53. The van der Waals surface area contributed by atoms with Gasteiger partial charge in [-0.2, -0.15) is 5.26 Å². The maximum Gasteiger partial charge on any atom is 0.0976 e. The van der Waals surface area contributed by atoms with E-state index in [1.165, 1.54) is 5.56 Å². The molecular formula is C16H23NO. The minimum atomic E-state index is -0.660. The molecule has 0 saturated carbocycles. The smallest absolute Gasteiger partial charge is 0.0976 e. The predicted octanol–water partition coefficient (Wildman–Crippen LogP) is 3.82. The third-order valence-corrected chi connectivity index (χ3v) is 3.30. The van der Waals surface area contributed by atoms with Crippen molar-refractivity contribution >= 4 is 0 Å². The largest absolute Gasteiger partial charge is 0.391 e. The molecule has 2 atom stereocenters. The highest BCUT2D eigenvalue weighted by molar-refractivity contribution is 5.31. The lowest BCUT2D eigenvalue weighted by Crippen LogP contribution is -2.31. The second kappa shape index (κ2) is 5.54. The molecule has 0 heterocycles. The third-order valence-electron chi connectivity index (χ3n) is 3.30. The zero-order chi connectivity index (χ0) is 13.9. The molecule has 1 aromatic rings. The van der Waals surface area contributed by atoms with Crippen molar-refractivity contribution in [1.82, 2.24) is 0 Å². The highest BCUT2D eigenvalue weighted by atomic mass is 16.3. The topological polar surface area (TPSA) is 44.0 Å². The molecule has 1 rings (SSSR count). The summed E-state index contributed by atoms with van der Waals surface area (Å²) in [6, 6.07) is 10.2. The van der Waals surface area contributed by atoms with Crippen LogP contribution in [0.3, 0.4) is 0 Å². The normalized spacial score (nSPS) is 15.2. The Morgan fingerprint density at radius 2 is 1.50 bits per heavy atom. The van der Waals surface area contributed by atoms with Gasteiger partial charge in [0.1, 0.15) is 0 Å². The number of nitriles is 1. The summed E-state index contributed by atoms with van der Waals surface area (Å²) < 4.78 is 0. The van der Waals surface area contributed by atoms with Gasteiger partial charge < -0.3 is 5.11 Å². The Morgan fingerprint density at radius 1 is 1.06 bits per heavy atom. The molecule has 0 aliphatic rings. The van der Waals surface area contributed by atoms with Crippen molar-refractivity contribution in [2.75, 3.05) is 0 Å². The third kappa shape index (κ3) is 3.34. The lowest BCUT2D eigenvalue weighted by molar-refractivity contribution is 0.0527. The molecule has 1 aromatic carbocycles. The Hall–Kier alpha value is -1.33. The van der Waals surface area contributed by atoms with E-state index >= 15 is 0 Å². The standard InChI is InChI=1S/C16H23NO/c1-11(2)12-6-8-13(9-7-12)14(10-17)15(18)16(3,4)5/h6-9,11,14-15,18H,1-5H3. The number of rotatable bonds is 3. The molecule has 0 aliphatic carbocycles. The van der Waals surface area contributed by atoms with E-state index in [0.29, 0.717) is 5.92 Å². The monoisotopic (exact) mass is 245 g/mol. The highest BCUT2D eigenvalue weighted by Crippen LogP contribution is 2.31. The highest BCUT2D eigenvalue weighted by Gasteiger charge is 2.31. The first-order valence-electron chi connectivity index (χ1n) is 6.45. The maximum absolute atomic E-state index is 10.3. The van der Waals surface area contributed by atoms with Crippen molar-refractivity contribution in [2.24, 2.45) is 5.41 Å². The van der Waals surface area contributed by atoms with Crippen LogP contribution in [0.15, 0.2) is 24.3 Å². The molecule has 18 heavy (non-hydrogen) atoms. The van der Waals surface area contributed by atoms with Crippen LogP contribution >= 0.6 is 0 Å². The van der Waals surface area contributed by atoms with Crippen molar-refractivity contribution in [3.8, 4) is 6.07 Å². The lowest BCUT2D eigenvalue weighted by atomic mass is 9.79. The van der Waals surface area contributed by atoms with Crippen molar-refractivity contribution in [3.63, 3.8) is 0 Å². The van der Waals surface area contributed by atoms with Gasteiger partial charge in [0.05, 0.1) is 18.1 Å². The van der Waals surface area contributed by atoms with Crippen molar-refractivity contribution in [2.45, 2.75) is 52.6 Å². The maximum atomic E-state index is 10.3. The van der Waals surface area contributed by atoms with Crippen LogP contribution < -0.4 is 0 Å². The number of nitrogens with zero attached hydrogens (tertiary/aromatic N) is 1. The lowest BCUT2D eigenvalue weighted by Gasteiger charge is -2.29. The SMILES string of the molecule is CC(C)c1ccc(C(C#N)C(O)C(C)(C)C)cc1. The molecule has 0 fully saturated rings. The molecule has 2 heteroatoms. The molecule has 0 aromatic heterocycles. The van der Waals surface area contributed by atoms with Gasteiger partial charge in [-0.05, 0) is 22.5 Å². The van der Waals surface area contributed by atoms with Gasteiger partial charge >= 0.3 is 0 Å². The van der Waals surface area contributed by atoms with E-state index in [4.69, 9.17) is 0 Å². The fourth-order valence-corrected chi connectivity index (χ4v) is 1.92. The second-order valence-corrected chi connectivity index (χ2v) is 6.24. The van der Waals surface area contributed by atoms with Gasteiger partial charge in [-0.3, -0.25) is 0 Å². The van der Waals surface area contributed by atoms with Crippen LogP contribution in [0.5, 0.6) is 0 Å². The molecule has 0 bridgehead atoms. The van der Waals surface area contributed by atoms with E-state index in [9.17, 15) is 10.4 Å². The van der Waals surface area contributed by atoms with Crippen LogP contribution in [0.2, 0.25) is 0 Å². The van der Waals surface area contributed by atoms with E-state index in [1.807, 2.05) is 45.0 Å². The van der Waals surface area contributed by atoms with Gasteiger partial charge in [0.15, 0.2) is 0 Å². The predicted molar refractivity (Wildman–Crippen MR) is 74.3 cm³/mol. The van der Waals surface area contributed by atoms with E-state index < -0.39 is 12.0 Å². The van der Waals surface area contributed by atoms with Gasteiger partial charge in [-0.1, -0.05) is 58.9 Å². The van der Waals surface area contributed by atoms with Crippen LogP contribution in [-0.4, -0.2) is 11.2 Å². The summed E-state index contributed by atoms with van der Waals surface area (Å²) in [4.78, 5) is 0. The summed E-state index contributed by atoms with van der Waals surface area (Å²) in [5, 5.41) is 19.5. The van der Waals surface area contributed by atoms with Gasteiger partial charge in [0.25, 0.3) is 0 Å². The zero-order valence-electron chi connectivity index (χ0n) is 11.9. The summed E-state index contributed by atoms with van der Waals surface area (Å²) >= 11 is 0. The summed E-state index contributed by atoms with van der Waals surface area (Å²) in [6.45, 7) is 10.1. The molecule has 0 saturated heterocycles. The van der Waals surface area contributed by atoms with Gasteiger partial charge in [-0.15, -0.1) is 0 Å². The van der Waals surface area contributed by atoms with Crippen LogP contribution in [0, 0.1) is 16.7 Å². The van der Waals surface area contributed by atoms with Gasteiger partial charge in [0, 0.05) is 0 Å². The van der Waals surface area contributed by atoms with Crippen LogP contribution in [-0.2, 0) is 0 Å². The first-order valence-corrected chi connectivity index (χ1v) is 6.45. The van der Waals surface area contributed by atoms with E-state index in [-0.39, 0.29) is 5.41 Å². The molecule has 1 N–H and O–H groups in total. The first kappa shape index (κ1) is 14.7. The Morgan fingerprint density at radius 3 is 1.83 bits per heavy atom. The minimum absolute atomic E-state index is 0.295. The summed E-state index contributed by atoms with van der Waals surface area (Å²) in [5.74, 6) is 0.0123. The summed E-state index contributed by atoms with van der Waals surface area (Å²) in [6.07, 6.45) is -0.660. The Labute approximate surface area is 110 Å². The number of aliphatic hydroxyl groups excluding tert-OH is 1. The molecular weight excluding hydrogens is 222 g/mol. The van der Waals surface area contributed by atoms with Crippen LogP contribution in [0.25, 0.3) is 0 Å². The van der Waals surface area contributed by atoms with Crippen molar-refractivity contribution in [1.29, 1.82) is 5.26 Å². The number of benzene rings is 1. The fraction of sp³-hybridized carbons (Fsp3) is 0.562.